The summed E-state index contributed by atoms with van der Waals surface area (Å²) in [5, 5.41) is 12.7. The van der Waals surface area contributed by atoms with Crippen molar-refractivity contribution < 1.29 is 19.0 Å². The Morgan fingerprint density at radius 2 is 2.06 bits per heavy atom. The summed E-state index contributed by atoms with van der Waals surface area (Å²) in [6.45, 7) is 2.20. The highest BCUT2D eigenvalue weighted by Crippen LogP contribution is 2.33. The molecule has 1 aromatic heterocycles. The molecule has 9 heteroatoms. The van der Waals surface area contributed by atoms with E-state index in [9.17, 15) is 4.79 Å². The number of amides is 1. The van der Waals surface area contributed by atoms with E-state index in [4.69, 9.17) is 14.2 Å². The highest BCUT2D eigenvalue weighted by atomic mass is 32.2. The zero-order valence-electron chi connectivity index (χ0n) is 18.9. The second-order valence-corrected chi connectivity index (χ2v) is 9.30. The predicted molar refractivity (Wildman–Crippen MR) is 128 cm³/mol. The van der Waals surface area contributed by atoms with Crippen LogP contribution in [0.5, 0.6) is 17.2 Å². The first kappa shape index (κ1) is 22.3. The summed E-state index contributed by atoms with van der Waals surface area (Å²) in [5.41, 5.74) is 0.986. The summed E-state index contributed by atoms with van der Waals surface area (Å²) in [5.74, 6) is 3.04. The number of rotatable bonds is 7. The Morgan fingerprint density at radius 1 is 1.15 bits per heavy atom. The van der Waals surface area contributed by atoms with Gasteiger partial charge in [0.25, 0.3) is 0 Å². The van der Waals surface area contributed by atoms with Crippen LogP contribution in [0.1, 0.15) is 18.4 Å². The van der Waals surface area contributed by atoms with Gasteiger partial charge in [0, 0.05) is 24.5 Å². The number of fused-ring (bicyclic) bond motifs is 1. The predicted octanol–water partition coefficient (Wildman–Crippen LogP) is 3.90. The van der Waals surface area contributed by atoms with Gasteiger partial charge in [0.15, 0.2) is 17.3 Å². The van der Waals surface area contributed by atoms with Gasteiger partial charge in [-0.05, 0) is 60.9 Å². The monoisotopic (exact) mass is 478 g/mol. The van der Waals surface area contributed by atoms with E-state index in [0.717, 1.165) is 57.9 Å². The first-order chi connectivity index (χ1) is 16.7. The molecule has 5 rings (SSSR count). The normalized spacial score (nSPS) is 16.9. The lowest BCUT2D eigenvalue weighted by Crippen LogP contribution is -2.43. The summed E-state index contributed by atoms with van der Waals surface area (Å²) >= 11 is 1.54. The minimum atomic E-state index is -0.0876. The Labute approximate surface area is 202 Å². The molecule has 1 N–H and O–H groups in total. The zero-order valence-corrected chi connectivity index (χ0v) is 19.7. The van der Waals surface area contributed by atoms with Crippen LogP contribution in [0.4, 0.5) is 5.82 Å². The van der Waals surface area contributed by atoms with Gasteiger partial charge < -0.3 is 24.4 Å². The van der Waals surface area contributed by atoms with Crippen molar-refractivity contribution in [2.45, 2.75) is 29.3 Å². The van der Waals surface area contributed by atoms with E-state index in [1.807, 2.05) is 54.6 Å². The summed E-state index contributed by atoms with van der Waals surface area (Å²) in [6, 6.07) is 17.5. The molecular formula is C25H26N4O4S. The maximum Gasteiger partial charge on any atom is 0.231 e. The molecule has 3 aromatic rings. The molecule has 0 radical (unpaired) electrons. The lowest BCUT2D eigenvalue weighted by molar-refractivity contribution is -0.125. The Balaban J connectivity index is 1.16. The maximum atomic E-state index is 12.8. The van der Waals surface area contributed by atoms with Crippen LogP contribution in [0.3, 0.4) is 0 Å². The average Bonchev–Trinajstić information content (AvgIpc) is 3.36. The van der Waals surface area contributed by atoms with Crippen molar-refractivity contribution >= 4 is 23.5 Å². The molecule has 2 aliphatic heterocycles. The SMILES string of the molecule is COc1cccc(Sc2ccc(N3CCC[C@H](C(=O)NCc4ccc5c(c4)OCO5)C3)nn2)c1. The Hall–Kier alpha value is -3.46. The molecule has 1 atom stereocenters. The number of hydrogen-bond donors (Lipinski definition) is 1. The summed E-state index contributed by atoms with van der Waals surface area (Å²) in [4.78, 5) is 16.0. The van der Waals surface area contributed by atoms with Gasteiger partial charge in [-0.25, -0.2) is 0 Å². The fourth-order valence-corrected chi connectivity index (χ4v) is 4.89. The third-order valence-electron chi connectivity index (χ3n) is 5.91. The van der Waals surface area contributed by atoms with Gasteiger partial charge in [-0.3, -0.25) is 4.79 Å². The number of piperidine rings is 1. The molecule has 0 aliphatic carbocycles. The van der Waals surface area contributed by atoms with Crippen LogP contribution in [0.2, 0.25) is 0 Å². The Kier molecular flexibility index (Phi) is 6.71. The lowest BCUT2D eigenvalue weighted by Gasteiger charge is -2.32. The van der Waals surface area contributed by atoms with Gasteiger partial charge in [0.1, 0.15) is 10.8 Å². The third kappa shape index (κ3) is 5.20. The smallest absolute Gasteiger partial charge is 0.231 e. The van der Waals surface area contributed by atoms with E-state index in [-0.39, 0.29) is 18.6 Å². The minimum Gasteiger partial charge on any atom is -0.497 e. The van der Waals surface area contributed by atoms with E-state index in [2.05, 4.69) is 20.4 Å². The van der Waals surface area contributed by atoms with Gasteiger partial charge in [-0.15, -0.1) is 10.2 Å². The number of anilines is 1. The average molecular weight is 479 g/mol. The number of benzene rings is 2. The van der Waals surface area contributed by atoms with Crippen molar-refractivity contribution in [3.63, 3.8) is 0 Å². The van der Waals surface area contributed by atoms with E-state index in [1.165, 1.54) is 11.8 Å². The fraction of sp³-hybridized carbons (Fsp3) is 0.320. The molecule has 2 aromatic carbocycles. The molecule has 3 heterocycles. The molecule has 0 unspecified atom stereocenters. The molecule has 1 fully saturated rings. The summed E-state index contributed by atoms with van der Waals surface area (Å²) in [7, 11) is 1.65. The highest BCUT2D eigenvalue weighted by molar-refractivity contribution is 7.99. The zero-order chi connectivity index (χ0) is 23.3. The van der Waals surface area contributed by atoms with Crippen molar-refractivity contribution in [1.29, 1.82) is 0 Å². The molecule has 1 saturated heterocycles. The largest absolute Gasteiger partial charge is 0.497 e. The van der Waals surface area contributed by atoms with Crippen LogP contribution in [0, 0.1) is 5.92 Å². The second-order valence-electron chi connectivity index (χ2n) is 8.20. The summed E-state index contributed by atoms with van der Waals surface area (Å²) in [6.07, 6.45) is 1.80. The molecule has 176 valence electrons. The maximum absolute atomic E-state index is 12.8. The van der Waals surface area contributed by atoms with Crippen molar-refractivity contribution in [1.82, 2.24) is 15.5 Å². The molecule has 34 heavy (non-hydrogen) atoms. The van der Waals surface area contributed by atoms with Crippen LogP contribution in [0.25, 0.3) is 0 Å². The Morgan fingerprint density at radius 3 is 2.91 bits per heavy atom. The number of methoxy groups -OCH3 is 1. The quantitative estimate of drug-likeness (QED) is 0.547. The molecule has 2 aliphatic rings. The van der Waals surface area contributed by atoms with E-state index in [0.29, 0.717) is 13.1 Å². The van der Waals surface area contributed by atoms with Crippen molar-refractivity contribution in [2.24, 2.45) is 5.92 Å². The summed E-state index contributed by atoms with van der Waals surface area (Å²) < 4.78 is 16.0. The van der Waals surface area contributed by atoms with E-state index in [1.54, 1.807) is 7.11 Å². The number of hydrogen-bond acceptors (Lipinski definition) is 8. The van der Waals surface area contributed by atoms with Gasteiger partial charge in [0.2, 0.25) is 12.7 Å². The van der Waals surface area contributed by atoms with Gasteiger partial charge >= 0.3 is 0 Å². The number of nitrogens with one attached hydrogen (secondary N) is 1. The van der Waals surface area contributed by atoms with Crippen LogP contribution >= 0.6 is 11.8 Å². The highest BCUT2D eigenvalue weighted by Gasteiger charge is 2.27. The standard InChI is InChI=1S/C25H26N4O4S/c1-31-19-5-2-6-20(13-19)34-24-10-9-23(27-28-24)29-11-3-4-18(15-29)25(30)26-14-17-7-8-21-22(12-17)33-16-32-21/h2,5-10,12-13,18H,3-4,11,14-16H2,1H3,(H,26,30)/t18-/m0/s1. The number of carbonyl (C=O) groups excluding carboxylic acids is 1. The number of carbonyl (C=O) groups is 1. The van der Waals surface area contributed by atoms with Crippen molar-refractivity contribution in [3.05, 3.63) is 60.2 Å². The molecule has 0 saturated carbocycles. The molecule has 8 nitrogen and oxygen atoms in total. The number of aromatic nitrogens is 2. The first-order valence-corrected chi connectivity index (χ1v) is 12.1. The minimum absolute atomic E-state index is 0.0560. The van der Waals surface area contributed by atoms with Gasteiger partial charge in [-0.2, -0.15) is 0 Å². The molecular weight excluding hydrogens is 452 g/mol. The number of ether oxygens (including phenoxy) is 3. The van der Waals surface area contributed by atoms with Crippen LogP contribution in [-0.4, -0.2) is 43.1 Å². The third-order valence-corrected chi connectivity index (χ3v) is 6.83. The van der Waals surface area contributed by atoms with Gasteiger partial charge in [0.05, 0.1) is 13.0 Å². The van der Waals surface area contributed by atoms with E-state index < -0.39 is 0 Å². The molecule has 0 spiro atoms. The lowest BCUT2D eigenvalue weighted by atomic mass is 9.97. The van der Waals surface area contributed by atoms with Crippen LogP contribution in [0.15, 0.2) is 64.5 Å². The van der Waals surface area contributed by atoms with Crippen LogP contribution < -0.4 is 24.4 Å². The topological polar surface area (TPSA) is 85.8 Å². The van der Waals surface area contributed by atoms with E-state index >= 15 is 0 Å². The molecule has 0 bridgehead atoms. The second kappa shape index (κ2) is 10.2. The van der Waals surface area contributed by atoms with Crippen molar-refractivity contribution in [3.8, 4) is 17.2 Å². The number of nitrogens with zero attached hydrogens (tertiary/aromatic N) is 3. The first-order valence-electron chi connectivity index (χ1n) is 11.2. The fourth-order valence-electron chi connectivity index (χ4n) is 4.11. The van der Waals surface area contributed by atoms with Crippen molar-refractivity contribution in [2.75, 3.05) is 31.9 Å². The van der Waals surface area contributed by atoms with Crippen LogP contribution in [-0.2, 0) is 11.3 Å². The van der Waals surface area contributed by atoms with Gasteiger partial charge in [-0.1, -0.05) is 23.9 Å². The Bertz CT molecular complexity index is 1160. The molecule has 1 amide bonds.